The van der Waals surface area contributed by atoms with Crippen molar-refractivity contribution in [2.45, 2.75) is 58.2 Å². The van der Waals surface area contributed by atoms with E-state index in [1.54, 1.807) is 0 Å². The second kappa shape index (κ2) is 7.27. The van der Waals surface area contributed by atoms with E-state index in [4.69, 9.17) is 4.74 Å². The number of carbonyl (C=O) groups is 1. The van der Waals surface area contributed by atoms with Crippen LogP contribution in [0.4, 0.5) is 4.79 Å². The van der Waals surface area contributed by atoms with Crippen LogP contribution < -0.4 is 5.32 Å². The number of nitrogens with zero attached hydrogens (tertiary/aromatic N) is 2. The molecule has 1 heterocycles. The fourth-order valence-corrected chi connectivity index (χ4v) is 2.25. The van der Waals surface area contributed by atoms with Crippen LogP contribution in [0, 0.1) is 0 Å². The molecule has 1 rings (SSSR count). The molecule has 1 amide bonds. The van der Waals surface area contributed by atoms with E-state index in [-0.39, 0.29) is 12.1 Å². The van der Waals surface area contributed by atoms with E-state index >= 15 is 0 Å². The minimum absolute atomic E-state index is 0.178. The van der Waals surface area contributed by atoms with Crippen molar-refractivity contribution in [2.75, 3.05) is 33.7 Å². The molecule has 1 saturated heterocycles. The molecule has 0 saturated carbocycles. The summed E-state index contributed by atoms with van der Waals surface area (Å²) in [6.07, 6.45) is 1.94. The van der Waals surface area contributed by atoms with Crippen molar-refractivity contribution < 1.29 is 9.53 Å². The number of likely N-dealkylation sites (N-methyl/N-ethyl adjacent to an activating group) is 1. The normalized spacial score (nSPS) is 21.4. The second-order valence-corrected chi connectivity index (χ2v) is 6.94. The third-order valence-electron chi connectivity index (χ3n) is 3.71. The molecular formula is C15H31N3O2. The molecule has 5 heteroatoms. The highest BCUT2D eigenvalue weighted by atomic mass is 16.6. The zero-order valence-corrected chi connectivity index (χ0v) is 13.9. The highest BCUT2D eigenvalue weighted by Crippen LogP contribution is 2.20. The first kappa shape index (κ1) is 17.2. The van der Waals surface area contributed by atoms with E-state index in [1.165, 1.54) is 0 Å². The van der Waals surface area contributed by atoms with Crippen LogP contribution in [0.3, 0.4) is 0 Å². The van der Waals surface area contributed by atoms with Crippen LogP contribution in [0.15, 0.2) is 0 Å². The van der Waals surface area contributed by atoms with E-state index in [0.29, 0.717) is 6.04 Å². The van der Waals surface area contributed by atoms with Crippen molar-refractivity contribution in [3.05, 3.63) is 0 Å². The average Bonchev–Trinajstić information content (AvgIpc) is 2.74. The van der Waals surface area contributed by atoms with Gasteiger partial charge in [0.1, 0.15) is 5.60 Å². The van der Waals surface area contributed by atoms with Crippen LogP contribution in [0.2, 0.25) is 0 Å². The summed E-state index contributed by atoms with van der Waals surface area (Å²) in [6.45, 7) is 10.5. The zero-order valence-electron chi connectivity index (χ0n) is 13.9. The summed E-state index contributed by atoms with van der Waals surface area (Å²) in [5, 5.41) is 3.47. The Morgan fingerprint density at radius 1 is 1.45 bits per heavy atom. The van der Waals surface area contributed by atoms with Crippen LogP contribution in [0.5, 0.6) is 0 Å². The predicted molar refractivity (Wildman–Crippen MR) is 82.0 cm³/mol. The van der Waals surface area contributed by atoms with Crippen molar-refractivity contribution in [3.63, 3.8) is 0 Å². The lowest BCUT2D eigenvalue weighted by molar-refractivity contribution is 0.0226. The molecule has 1 aliphatic rings. The van der Waals surface area contributed by atoms with Crippen molar-refractivity contribution in [2.24, 2.45) is 0 Å². The van der Waals surface area contributed by atoms with Crippen LogP contribution in [-0.2, 0) is 4.74 Å². The molecule has 5 nitrogen and oxygen atoms in total. The highest BCUT2D eigenvalue weighted by molar-refractivity contribution is 5.69. The topological polar surface area (TPSA) is 44.8 Å². The molecule has 2 unspecified atom stereocenters. The molecule has 1 aliphatic heterocycles. The van der Waals surface area contributed by atoms with Gasteiger partial charge in [-0.25, -0.2) is 4.79 Å². The number of likely N-dealkylation sites (tertiary alicyclic amines) is 1. The maximum Gasteiger partial charge on any atom is 0.410 e. The summed E-state index contributed by atoms with van der Waals surface area (Å²) in [5.74, 6) is 0. The first-order valence-corrected chi connectivity index (χ1v) is 7.57. The lowest BCUT2D eigenvalue weighted by atomic mass is 10.2. The monoisotopic (exact) mass is 285 g/mol. The summed E-state index contributed by atoms with van der Waals surface area (Å²) < 4.78 is 5.47. The van der Waals surface area contributed by atoms with Crippen molar-refractivity contribution in [1.82, 2.24) is 15.1 Å². The van der Waals surface area contributed by atoms with Gasteiger partial charge in [0.25, 0.3) is 0 Å². The Morgan fingerprint density at radius 3 is 2.65 bits per heavy atom. The molecule has 1 N–H and O–H groups in total. The van der Waals surface area contributed by atoms with Crippen molar-refractivity contribution in [1.29, 1.82) is 0 Å². The number of rotatable bonds is 5. The molecule has 0 spiro atoms. The smallest absolute Gasteiger partial charge is 0.410 e. The largest absolute Gasteiger partial charge is 0.444 e. The molecular weight excluding hydrogens is 254 g/mol. The summed E-state index contributed by atoms with van der Waals surface area (Å²) >= 11 is 0. The minimum atomic E-state index is -0.420. The Kier molecular flexibility index (Phi) is 6.27. The lowest BCUT2D eigenvalue weighted by Crippen LogP contribution is -2.46. The second-order valence-electron chi connectivity index (χ2n) is 6.94. The predicted octanol–water partition coefficient (Wildman–Crippen LogP) is 1.93. The summed E-state index contributed by atoms with van der Waals surface area (Å²) in [4.78, 5) is 16.2. The van der Waals surface area contributed by atoms with Gasteiger partial charge in [-0.3, -0.25) is 0 Å². The first-order valence-electron chi connectivity index (χ1n) is 7.57. The zero-order chi connectivity index (χ0) is 15.3. The molecule has 0 aromatic carbocycles. The van der Waals surface area contributed by atoms with Gasteiger partial charge >= 0.3 is 6.09 Å². The summed E-state index contributed by atoms with van der Waals surface area (Å²) in [5.41, 5.74) is -0.420. The fraction of sp³-hybridized carbons (Fsp3) is 0.933. The number of hydrogen-bond donors (Lipinski definition) is 1. The Morgan fingerprint density at radius 2 is 2.10 bits per heavy atom. The van der Waals surface area contributed by atoms with Crippen LogP contribution in [0.1, 0.15) is 40.5 Å². The summed E-state index contributed by atoms with van der Waals surface area (Å²) in [7, 11) is 4.16. The molecule has 0 aromatic rings. The van der Waals surface area contributed by atoms with E-state index in [0.717, 1.165) is 32.5 Å². The Balaban J connectivity index is 2.39. The molecule has 0 aliphatic carbocycles. The lowest BCUT2D eigenvalue weighted by Gasteiger charge is -2.29. The quantitative estimate of drug-likeness (QED) is 0.838. The first-order chi connectivity index (χ1) is 9.20. The van der Waals surface area contributed by atoms with Crippen LogP contribution in [0.25, 0.3) is 0 Å². The standard InChI is InChI=1S/C15H31N3O2/c1-12(17(5)6)10-16-11-13-8-7-9-18(13)14(19)20-15(2,3)4/h12-13,16H,7-11H2,1-6H3. The molecule has 118 valence electrons. The van der Waals surface area contributed by atoms with Gasteiger partial charge < -0.3 is 19.9 Å². The van der Waals surface area contributed by atoms with E-state index in [9.17, 15) is 4.79 Å². The molecule has 1 fully saturated rings. The van der Waals surface area contributed by atoms with Gasteiger partial charge in [0.15, 0.2) is 0 Å². The van der Waals surface area contributed by atoms with Crippen LogP contribution in [-0.4, -0.2) is 67.3 Å². The SMILES string of the molecule is CC(CNCC1CCCN1C(=O)OC(C)(C)C)N(C)C. The van der Waals surface area contributed by atoms with Crippen molar-refractivity contribution >= 4 is 6.09 Å². The van der Waals surface area contributed by atoms with Gasteiger partial charge in [-0.2, -0.15) is 0 Å². The number of amides is 1. The molecule has 0 aromatic heterocycles. The van der Waals surface area contributed by atoms with E-state index < -0.39 is 5.60 Å². The van der Waals surface area contributed by atoms with Gasteiger partial charge in [0.2, 0.25) is 0 Å². The maximum absolute atomic E-state index is 12.1. The molecule has 0 radical (unpaired) electrons. The molecule has 20 heavy (non-hydrogen) atoms. The van der Waals surface area contributed by atoms with Gasteiger partial charge in [0.05, 0.1) is 0 Å². The van der Waals surface area contributed by atoms with E-state index in [2.05, 4.69) is 31.2 Å². The van der Waals surface area contributed by atoms with Gasteiger partial charge in [-0.05, 0) is 54.6 Å². The summed E-state index contributed by atoms with van der Waals surface area (Å²) in [6, 6.07) is 0.755. The number of ether oxygens (including phenoxy) is 1. The minimum Gasteiger partial charge on any atom is -0.444 e. The van der Waals surface area contributed by atoms with Gasteiger partial charge in [-0.15, -0.1) is 0 Å². The molecule has 0 bridgehead atoms. The van der Waals surface area contributed by atoms with Crippen molar-refractivity contribution in [3.8, 4) is 0 Å². The van der Waals surface area contributed by atoms with Crippen LogP contribution >= 0.6 is 0 Å². The Bertz CT molecular complexity index is 313. The average molecular weight is 285 g/mol. The maximum atomic E-state index is 12.1. The van der Waals surface area contributed by atoms with Gasteiger partial charge in [0, 0.05) is 31.7 Å². The van der Waals surface area contributed by atoms with Gasteiger partial charge in [-0.1, -0.05) is 0 Å². The van der Waals surface area contributed by atoms with E-state index in [1.807, 2.05) is 25.7 Å². The third kappa shape index (κ3) is 5.67. The molecule has 2 atom stereocenters. The Hall–Kier alpha value is -0.810. The Labute approximate surface area is 123 Å². The third-order valence-corrected chi connectivity index (χ3v) is 3.71. The highest BCUT2D eigenvalue weighted by Gasteiger charge is 2.31. The number of carbonyl (C=O) groups excluding carboxylic acids is 1. The fourth-order valence-electron chi connectivity index (χ4n) is 2.25. The number of hydrogen-bond acceptors (Lipinski definition) is 4. The number of nitrogens with one attached hydrogen (secondary N) is 1.